The van der Waals surface area contributed by atoms with Crippen LogP contribution < -0.4 is 15.5 Å². The molecule has 1 heterocycles. The molecule has 0 saturated carbocycles. The molecule has 2 N–H and O–H groups in total. The van der Waals surface area contributed by atoms with Gasteiger partial charge in [-0.25, -0.2) is 0 Å². The summed E-state index contributed by atoms with van der Waals surface area (Å²) in [6.45, 7) is 4.86. The highest BCUT2D eigenvalue weighted by molar-refractivity contribution is 9.10. The van der Waals surface area contributed by atoms with Crippen molar-refractivity contribution in [2.24, 2.45) is 0 Å². The number of halogens is 2. The highest BCUT2D eigenvalue weighted by Crippen LogP contribution is 2.22. The van der Waals surface area contributed by atoms with Gasteiger partial charge < -0.3 is 15.1 Å². The lowest BCUT2D eigenvalue weighted by atomic mass is 10.1. The van der Waals surface area contributed by atoms with Crippen LogP contribution in [0.3, 0.4) is 0 Å². The first-order valence-corrected chi connectivity index (χ1v) is 12.7. The molecule has 0 radical (unpaired) electrons. The van der Waals surface area contributed by atoms with Crippen LogP contribution in [0.1, 0.15) is 26.3 Å². The lowest BCUT2D eigenvalue weighted by Crippen LogP contribution is -2.48. The van der Waals surface area contributed by atoms with Crippen LogP contribution in [0.5, 0.6) is 0 Å². The van der Waals surface area contributed by atoms with Crippen molar-refractivity contribution in [3.63, 3.8) is 0 Å². The second-order valence-electron chi connectivity index (χ2n) is 8.22. The fraction of sp³-hybridized carbons (Fsp3) is 0.192. The van der Waals surface area contributed by atoms with E-state index >= 15 is 0 Å². The van der Waals surface area contributed by atoms with Crippen LogP contribution in [-0.4, -0.2) is 48.0 Å². The molecule has 6 nitrogen and oxygen atoms in total. The van der Waals surface area contributed by atoms with Crippen LogP contribution in [0.4, 0.5) is 11.4 Å². The van der Waals surface area contributed by atoms with Crippen molar-refractivity contribution < 1.29 is 9.59 Å². The van der Waals surface area contributed by atoms with Crippen LogP contribution in [0.2, 0.25) is 5.02 Å². The largest absolute Gasteiger partial charge is 0.368 e. The highest BCUT2D eigenvalue weighted by atomic mass is 79.9. The summed E-state index contributed by atoms with van der Waals surface area (Å²) >= 11 is 14.7. The molecule has 1 aliphatic heterocycles. The van der Waals surface area contributed by atoms with Gasteiger partial charge in [0.25, 0.3) is 11.8 Å². The number of aryl methyl sites for hydroxylation is 1. The second-order valence-corrected chi connectivity index (χ2v) is 9.96. The number of hydrogen-bond donors (Lipinski definition) is 2. The number of carbonyl (C=O) groups excluding carboxylic acids is 2. The van der Waals surface area contributed by atoms with E-state index in [1.54, 1.807) is 18.2 Å². The Balaban J connectivity index is 1.29. The lowest BCUT2D eigenvalue weighted by Gasteiger charge is -2.36. The normalized spacial score (nSPS) is 13.3. The third-order valence-electron chi connectivity index (χ3n) is 5.76. The molecule has 0 unspecified atom stereocenters. The van der Waals surface area contributed by atoms with Gasteiger partial charge in [0.1, 0.15) is 0 Å². The maximum Gasteiger partial charge on any atom is 0.258 e. The lowest BCUT2D eigenvalue weighted by molar-refractivity contribution is 0.0746. The zero-order chi connectivity index (χ0) is 24.9. The molecule has 35 heavy (non-hydrogen) atoms. The maximum absolute atomic E-state index is 12.8. The smallest absolute Gasteiger partial charge is 0.258 e. The number of rotatable bonds is 4. The van der Waals surface area contributed by atoms with E-state index in [0.29, 0.717) is 23.7 Å². The molecular weight excluding hydrogens is 548 g/mol. The summed E-state index contributed by atoms with van der Waals surface area (Å²) in [4.78, 5) is 29.4. The molecule has 1 saturated heterocycles. The van der Waals surface area contributed by atoms with Crippen molar-refractivity contribution in [1.82, 2.24) is 10.2 Å². The molecule has 0 aliphatic carbocycles. The van der Waals surface area contributed by atoms with Gasteiger partial charge in [0, 0.05) is 47.6 Å². The van der Waals surface area contributed by atoms with Gasteiger partial charge in [0.05, 0.1) is 10.6 Å². The van der Waals surface area contributed by atoms with Gasteiger partial charge in [0.2, 0.25) is 0 Å². The van der Waals surface area contributed by atoms with E-state index in [1.807, 2.05) is 60.4 Å². The summed E-state index contributed by atoms with van der Waals surface area (Å²) in [5, 5.41) is 6.20. The Morgan fingerprint density at radius 1 is 0.943 bits per heavy atom. The summed E-state index contributed by atoms with van der Waals surface area (Å²) in [6, 6.07) is 20.6. The van der Waals surface area contributed by atoms with Gasteiger partial charge in [-0.05, 0) is 73.7 Å². The molecule has 2 amide bonds. The summed E-state index contributed by atoms with van der Waals surface area (Å²) < 4.78 is 0.752. The van der Waals surface area contributed by atoms with E-state index in [0.717, 1.165) is 40.1 Å². The minimum absolute atomic E-state index is 0.0731. The van der Waals surface area contributed by atoms with Gasteiger partial charge >= 0.3 is 0 Å². The fourth-order valence-electron chi connectivity index (χ4n) is 3.81. The van der Waals surface area contributed by atoms with Crippen LogP contribution in [0, 0.1) is 6.92 Å². The Kier molecular flexibility index (Phi) is 8.05. The monoisotopic (exact) mass is 570 g/mol. The van der Waals surface area contributed by atoms with E-state index < -0.39 is 0 Å². The minimum Gasteiger partial charge on any atom is -0.368 e. The van der Waals surface area contributed by atoms with Crippen molar-refractivity contribution in [3.05, 3.63) is 92.9 Å². The first kappa shape index (κ1) is 25.2. The van der Waals surface area contributed by atoms with Crippen molar-refractivity contribution in [3.8, 4) is 0 Å². The number of benzene rings is 3. The van der Waals surface area contributed by atoms with Crippen molar-refractivity contribution in [2.45, 2.75) is 6.92 Å². The Bertz CT molecular complexity index is 1240. The molecule has 1 aliphatic rings. The predicted molar refractivity (Wildman–Crippen MR) is 149 cm³/mol. The van der Waals surface area contributed by atoms with Crippen molar-refractivity contribution in [2.75, 3.05) is 36.4 Å². The number of nitrogens with zero attached hydrogens (tertiary/aromatic N) is 2. The predicted octanol–water partition coefficient (Wildman–Crippen LogP) is 5.50. The molecule has 3 aromatic carbocycles. The molecule has 0 aromatic heterocycles. The number of piperazine rings is 1. The molecule has 4 rings (SSSR count). The second kappa shape index (κ2) is 11.2. The third kappa shape index (κ3) is 6.39. The average Bonchev–Trinajstić information content (AvgIpc) is 2.86. The number of nitrogens with one attached hydrogen (secondary N) is 2. The first-order valence-electron chi connectivity index (χ1n) is 11.1. The Labute approximate surface area is 223 Å². The number of carbonyl (C=O) groups is 2. The number of hydrogen-bond acceptors (Lipinski definition) is 4. The van der Waals surface area contributed by atoms with E-state index in [1.165, 1.54) is 0 Å². The highest BCUT2D eigenvalue weighted by Gasteiger charge is 2.22. The average molecular weight is 572 g/mol. The van der Waals surface area contributed by atoms with E-state index in [4.69, 9.17) is 23.8 Å². The molecule has 0 spiro atoms. The molecule has 3 aromatic rings. The van der Waals surface area contributed by atoms with Crippen molar-refractivity contribution in [1.29, 1.82) is 0 Å². The van der Waals surface area contributed by atoms with Crippen molar-refractivity contribution >= 4 is 68.1 Å². The molecule has 0 bridgehead atoms. The van der Waals surface area contributed by atoms with Crippen LogP contribution in [0.25, 0.3) is 0 Å². The summed E-state index contributed by atoms with van der Waals surface area (Å²) in [6.07, 6.45) is 0. The molecule has 1 fully saturated rings. The number of thiocarbonyl (C=S) groups is 1. The zero-order valence-corrected chi connectivity index (χ0v) is 22.2. The summed E-state index contributed by atoms with van der Waals surface area (Å²) in [7, 11) is 0. The minimum atomic E-state index is -0.386. The summed E-state index contributed by atoms with van der Waals surface area (Å²) in [5.41, 5.74) is 4.02. The molecule has 180 valence electrons. The zero-order valence-electron chi connectivity index (χ0n) is 19.1. The SMILES string of the molecule is Cc1ccc(C(=O)N2CCN(c3ccc(NC(=S)NC(=O)c4cc(Br)ccc4Cl)cc3)CC2)cc1. The Morgan fingerprint density at radius 3 is 2.26 bits per heavy atom. The topological polar surface area (TPSA) is 64.7 Å². The Morgan fingerprint density at radius 2 is 1.60 bits per heavy atom. The van der Waals surface area contributed by atoms with Gasteiger partial charge in [-0.15, -0.1) is 0 Å². The van der Waals surface area contributed by atoms with Crippen LogP contribution >= 0.6 is 39.7 Å². The molecule has 0 atom stereocenters. The van der Waals surface area contributed by atoms with E-state index in [9.17, 15) is 9.59 Å². The van der Waals surface area contributed by atoms with Gasteiger partial charge in [-0.2, -0.15) is 0 Å². The van der Waals surface area contributed by atoms with Crippen LogP contribution in [0.15, 0.2) is 71.2 Å². The first-order chi connectivity index (χ1) is 16.8. The summed E-state index contributed by atoms with van der Waals surface area (Å²) in [5.74, 6) is -0.313. The molecule has 9 heteroatoms. The maximum atomic E-state index is 12.8. The Hall–Kier alpha value is -2.94. The number of amides is 2. The quantitative estimate of drug-likeness (QED) is 0.405. The van der Waals surface area contributed by atoms with Gasteiger partial charge in [-0.1, -0.05) is 45.2 Å². The third-order valence-corrected chi connectivity index (χ3v) is 6.78. The number of anilines is 2. The van der Waals surface area contributed by atoms with E-state index in [2.05, 4.69) is 31.5 Å². The fourth-order valence-corrected chi connectivity index (χ4v) is 4.58. The van der Waals surface area contributed by atoms with E-state index in [-0.39, 0.29) is 16.9 Å². The molecular formula is C26H24BrClN4O2S. The van der Waals surface area contributed by atoms with Gasteiger partial charge in [0.15, 0.2) is 5.11 Å². The van der Waals surface area contributed by atoms with Gasteiger partial charge in [-0.3, -0.25) is 14.9 Å². The van der Waals surface area contributed by atoms with Crippen LogP contribution in [-0.2, 0) is 0 Å². The standard InChI is InChI=1S/C26H24BrClN4O2S/c1-17-2-4-18(5-3-17)25(34)32-14-12-31(13-15-32)21-9-7-20(8-10-21)29-26(35)30-24(33)22-16-19(27)6-11-23(22)28/h2-11,16H,12-15H2,1H3,(H2,29,30,33,35).